The van der Waals surface area contributed by atoms with E-state index in [1.165, 1.54) is 16.7 Å². The van der Waals surface area contributed by atoms with Crippen LogP contribution in [0.2, 0.25) is 0 Å². The molecule has 5 rings (SSSR count). The number of amides is 1. The molecule has 1 aromatic heterocycles. The Morgan fingerprint density at radius 1 is 1.05 bits per heavy atom. The third kappa shape index (κ3) is 5.87. The summed E-state index contributed by atoms with van der Waals surface area (Å²) in [5, 5.41) is 13.8. The number of aryl methyl sites for hydroxylation is 2. The van der Waals surface area contributed by atoms with Crippen molar-refractivity contribution in [1.29, 1.82) is 0 Å². The molecular formula is C32H33N3O4. The number of aromatic carboxylic acids is 1. The van der Waals surface area contributed by atoms with Crippen LogP contribution in [0.5, 0.6) is 0 Å². The normalized spacial score (nSPS) is 12.7. The number of fused-ring (bicyclic) bond motifs is 1. The van der Waals surface area contributed by atoms with Crippen LogP contribution in [-0.4, -0.2) is 40.1 Å². The average molecular weight is 524 g/mol. The van der Waals surface area contributed by atoms with Crippen molar-refractivity contribution in [1.82, 2.24) is 9.78 Å². The highest BCUT2D eigenvalue weighted by atomic mass is 16.6. The number of carboxylic acids is 1. The summed E-state index contributed by atoms with van der Waals surface area (Å²) >= 11 is 0. The molecule has 1 amide bonds. The minimum atomic E-state index is -0.946. The summed E-state index contributed by atoms with van der Waals surface area (Å²) in [4.78, 5) is 26.1. The molecule has 0 atom stereocenters. The topological polar surface area (TPSA) is 84.7 Å². The molecular weight excluding hydrogens is 490 g/mol. The molecule has 0 unspecified atom stereocenters. The van der Waals surface area contributed by atoms with Crippen LogP contribution in [0.4, 0.5) is 10.5 Å². The first kappa shape index (κ1) is 26.2. The van der Waals surface area contributed by atoms with Gasteiger partial charge in [0.25, 0.3) is 0 Å². The third-order valence-electron chi connectivity index (χ3n) is 7.47. The van der Waals surface area contributed by atoms with Gasteiger partial charge in [0.05, 0.1) is 30.6 Å². The Morgan fingerprint density at radius 3 is 2.72 bits per heavy atom. The van der Waals surface area contributed by atoms with Gasteiger partial charge in [-0.25, -0.2) is 9.59 Å². The Labute approximate surface area is 228 Å². The second-order valence-electron chi connectivity index (χ2n) is 10.1. The first-order chi connectivity index (χ1) is 18.9. The van der Waals surface area contributed by atoms with Crippen LogP contribution in [0.1, 0.15) is 51.0 Å². The van der Waals surface area contributed by atoms with Gasteiger partial charge in [-0.3, -0.25) is 9.58 Å². The van der Waals surface area contributed by atoms with Gasteiger partial charge < -0.3 is 9.84 Å². The van der Waals surface area contributed by atoms with Gasteiger partial charge in [-0.2, -0.15) is 5.10 Å². The quantitative estimate of drug-likeness (QED) is 0.269. The summed E-state index contributed by atoms with van der Waals surface area (Å²) in [5.74, 6) is -0.946. The zero-order chi connectivity index (χ0) is 27.4. The molecule has 200 valence electrons. The maximum absolute atomic E-state index is 13.1. The van der Waals surface area contributed by atoms with Gasteiger partial charge in [0, 0.05) is 18.3 Å². The van der Waals surface area contributed by atoms with Crippen molar-refractivity contribution in [2.75, 3.05) is 18.1 Å². The lowest BCUT2D eigenvalue weighted by molar-refractivity contribution is 0.0696. The fraction of sp³-hybridized carbons (Fsp3) is 0.281. The lowest BCUT2D eigenvalue weighted by Gasteiger charge is -2.30. The van der Waals surface area contributed by atoms with Crippen molar-refractivity contribution in [3.8, 4) is 11.1 Å². The van der Waals surface area contributed by atoms with E-state index < -0.39 is 5.97 Å². The molecule has 0 bridgehead atoms. The number of nitrogens with zero attached hydrogens (tertiary/aromatic N) is 3. The van der Waals surface area contributed by atoms with Gasteiger partial charge >= 0.3 is 12.1 Å². The van der Waals surface area contributed by atoms with Gasteiger partial charge in [0.1, 0.15) is 0 Å². The third-order valence-corrected chi connectivity index (χ3v) is 7.47. The smallest absolute Gasteiger partial charge is 0.414 e. The summed E-state index contributed by atoms with van der Waals surface area (Å²) in [6.45, 7) is 5.74. The van der Waals surface area contributed by atoms with Crippen molar-refractivity contribution in [3.05, 3.63) is 106 Å². The van der Waals surface area contributed by atoms with Gasteiger partial charge in [0.2, 0.25) is 0 Å². The highest BCUT2D eigenvalue weighted by Crippen LogP contribution is 2.35. The fourth-order valence-electron chi connectivity index (χ4n) is 5.25. The minimum Gasteiger partial charge on any atom is -0.478 e. The highest BCUT2D eigenvalue weighted by Gasteiger charge is 2.26. The van der Waals surface area contributed by atoms with E-state index in [0.717, 1.165) is 53.6 Å². The van der Waals surface area contributed by atoms with Crippen LogP contribution in [0.3, 0.4) is 0 Å². The van der Waals surface area contributed by atoms with E-state index in [0.29, 0.717) is 19.7 Å². The molecule has 1 N–H and O–H groups in total. The van der Waals surface area contributed by atoms with Crippen molar-refractivity contribution >= 4 is 17.7 Å². The lowest BCUT2D eigenvalue weighted by atomic mass is 9.93. The van der Waals surface area contributed by atoms with Gasteiger partial charge in [-0.05, 0) is 91.1 Å². The zero-order valence-electron chi connectivity index (χ0n) is 22.4. The Balaban J connectivity index is 1.26. The number of carbonyl (C=O) groups is 2. The van der Waals surface area contributed by atoms with E-state index in [-0.39, 0.29) is 11.7 Å². The predicted octanol–water partition coefficient (Wildman–Crippen LogP) is 6.44. The Morgan fingerprint density at radius 2 is 1.87 bits per heavy atom. The molecule has 0 radical (unpaired) electrons. The molecule has 0 spiro atoms. The first-order valence-corrected chi connectivity index (χ1v) is 13.4. The molecule has 7 heteroatoms. The zero-order valence-corrected chi connectivity index (χ0v) is 22.4. The summed E-state index contributed by atoms with van der Waals surface area (Å²) in [6, 6.07) is 19.2. The highest BCUT2D eigenvalue weighted by molar-refractivity contribution is 5.91. The summed E-state index contributed by atoms with van der Waals surface area (Å²) in [6.07, 6.45) is 6.88. The Hall–Kier alpha value is -4.39. The number of hydrogen-bond donors (Lipinski definition) is 1. The summed E-state index contributed by atoms with van der Waals surface area (Å²) in [5.41, 5.74) is 9.02. The number of carbonyl (C=O) groups excluding carboxylic acids is 1. The molecule has 3 aromatic carbocycles. The van der Waals surface area contributed by atoms with E-state index >= 15 is 0 Å². The SMILES string of the molecule is Cc1cccc(CCCOC(=O)N2CCCc3c(-c4cnn(Cc5cccc(C(=O)O)c5)c4)cccc32)c1C. The molecule has 1 aliphatic rings. The van der Waals surface area contributed by atoms with Gasteiger partial charge in [-0.1, -0.05) is 42.5 Å². The standard InChI is InChI=1S/C32H33N3O4/c1-22-8-3-10-25(23(22)2)12-7-17-39-32(38)35-16-6-14-29-28(13-5-15-30(29)35)27-19-33-34(21-27)20-24-9-4-11-26(18-24)31(36)37/h3-5,8-11,13,15,18-19,21H,6-7,12,14,16-17,20H2,1-2H3,(H,36,37). The van der Waals surface area contributed by atoms with E-state index in [1.54, 1.807) is 27.8 Å². The van der Waals surface area contributed by atoms with Crippen molar-refractivity contribution in [2.45, 2.75) is 46.1 Å². The molecule has 0 fully saturated rings. The second-order valence-corrected chi connectivity index (χ2v) is 10.1. The molecule has 39 heavy (non-hydrogen) atoms. The molecule has 0 saturated carbocycles. The molecule has 4 aromatic rings. The van der Waals surface area contributed by atoms with Gasteiger partial charge in [0.15, 0.2) is 0 Å². The minimum absolute atomic E-state index is 0.259. The number of aromatic nitrogens is 2. The van der Waals surface area contributed by atoms with Crippen LogP contribution in [0.15, 0.2) is 73.1 Å². The van der Waals surface area contributed by atoms with Crippen LogP contribution >= 0.6 is 0 Å². The van der Waals surface area contributed by atoms with Crippen molar-refractivity contribution < 1.29 is 19.4 Å². The molecule has 2 heterocycles. The number of rotatable bonds is 8. The molecule has 0 aliphatic carbocycles. The van der Waals surface area contributed by atoms with E-state index in [4.69, 9.17) is 4.74 Å². The average Bonchev–Trinajstić information content (AvgIpc) is 3.40. The largest absolute Gasteiger partial charge is 0.478 e. The Bertz CT molecular complexity index is 1510. The monoisotopic (exact) mass is 523 g/mol. The Kier molecular flexibility index (Phi) is 7.77. The maximum atomic E-state index is 13.1. The maximum Gasteiger partial charge on any atom is 0.414 e. The van der Waals surface area contributed by atoms with E-state index in [9.17, 15) is 14.7 Å². The fourth-order valence-corrected chi connectivity index (χ4v) is 5.25. The number of ether oxygens (including phenoxy) is 1. The molecule has 0 saturated heterocycles. The number of carboxylic acid groups (broad SMARTS) is 1. The van der Waals surface area contributed by atoms with Crippen molar-refractivity contribution in [2.24, 2.45) is 0 Å². The number of anilines is 1. The molecule has 1 aliphatic heterocycles. The van der Waals surface area contributed by atoms with Crippen LogP contribution in [-0.2, 0) is 24.1 Å². The summed E-state index contributed by atoms with van der Waals surface area (Å²) < 4.78 is 7.51. The van der Waals surface area contributed by atoms with Crippen LogP contribution in [0, 0.1) is 13.8 Å². The first-order valence-electron chi connectivity index (χ1n) is 13.4. The molecule has 7 nitrogen and oxygen atoms in total. The van der Waals surface area contributed by atoms with Crippen molar-refractivity contribution in [3.63, 3.8) is 0 Å². The number of benzene rings is 3. The van der Waals surface area contributed by atoms with Crippen LogP contribution < -0.4 is 4.90 Å². The lowest BCUT2D eigenvalue weighted by Crippen LogP contribution is -2.36. The van der Waals surface area contributed by atoms with E-state index in [2.05, 4.69) is 43.2 Å². The predicted molar refractivity (Wildman–Crippen MR) is 151 cm³/mol. The summed E-state index contributed by atoms with van der Waals surface area (Å²) in [7, 11) is 0. The van der Waals surface area contributed by atoms with Gasteiger partial charge in [-0.15, -0.1) is 0 Å². The second kappa shape index (κ2) is 11.6. The number of hydrogen-bond acceptors (Lipinski definition) is 4. The van der Waals surface area contributed by atoms with Crippen LogP contribution in [0.25, 0.3) is 11.1 Å². The van der Waals surface area contributed by atoms with E-state index in [1.807, 2.05) is 30.6 Å².